The SMILES string of the molecule is COc1ccc(C)cc1C(C)NCCCCCCO. The van der Waals surface area contributed by atoms with Gasteiger partial charge in [-0.05, 0) is 39.3 Å². The second-order valence-corrected chi connectivity index (χ2v) is 5.06. The Balaban J connectivity index is 2.40. The molecule has 1 unspecified atom stereocenters. The third-order valence-corrected chi connectivity index (χ3v) is 3.39. The minimum absolute atomic E-state index is 0.299. The quantitative estimate of drug-likeness (QED) is 0.674. The molecule has 0 aliphatic heterocycles. The molecule has 0 radical (unpaired) electrons. The number of aliphatic hydroxyl groups excluding tert-OH is 1. The van der Waals surface area contributed by atoms with E-state index in [1.54, 1.807) is 7.11 Å². The highest BCUT2D eigenvalue weighted by molar-refractivity contribution is 5.38. The lowest BCUT2D eigenvalue weighted by Gasteiger charge is -2.18. The van der Waals surface area contributed by atoms with Gasteiger partial charge in [-0.1, -0.05) is 30.5 Å². The van der Waals surface area contributed by atoms with Crippen LogP contribution in [-0.4, -0.2) is 25.4 Å². The van der Waals surface area contributed by atoms with Gasteiger partial charge in [0.05, 0.1) is 7.11 Å². The summed E-state index contributed by atoms with van der Waals surface area (Å²) in [5.74, 6) is 0.950. The number of aryl methyl sites for hydroxylation is 1. The van der Waals surface area contributed by atoms with E-state index in [9.17, 15) is 0 Å². The van der Waals surface area contributed by atoms with E-state index in [1.807, 2.05) is 6.07 Å². The van der Waals surface area contributed by atoms with E-state index in [0.717, 1.165) is 31.6 Å². The Labute approximate surface area is 117 Å². The standard InChI is InChI=1S/C16H27NO2/c1-13-8-9-16(19-3)15(12-13)14(2)17-10-6-4-5-7-11-18/h8-9,12,14,17-18H,4-7,10-11H2,1-3H3. The lowest BCUT2D eigenvalue weighted by Crippen LogP contribution is -2.20. The largest absolute Gasteiger partial charge is 0.496 e. The summed E-state index contributed by atoms with van der Waals surface area (Å²) in [6.45, 7) is 5.59. The van der Waals surface area contributed by atoms with Gasteiger partial charge in [0.2, 0.25) is 0 Å². The first-order valence-corrected chi connectivity index (χ1v) is 7.17. The first kappa shape index (κ1) is 16.0. The smallest absolute Gasteiger partial charge is 0.123 e. The second kappa shape index (κ2) is 8.94. The second-order valence-electron chi connectivity index (χ2n) is 5.06. The van der Waals surface area contributed by atoms with Crippen LogP contribution in [0, 0.1) is 6.92 Å². The Hall–Kier alpha value is -1.06. The fraction of sp³-hybridized carbons (Fsp3) is 0.625. The van der Waals surface area contributed by atoms with Crippen molar-refractivity contribution >= 4 is 0 Å². The number of nitrogens with one attached hydrogen (secondary N) is 1. The monoisotopic (exact) mass is 265 g/mol. The molecule has 1 rings (SSSR count). The molecule has 0 saturated heterocycles. The molecule has 0 saturated carbocycles. The molecule has 1 atom stereocenters. The van der Waals surface area contributed by atoms with E-state index < -0.39 is 0 Å². The van der Waals surface area contributed by atoms with Gasteiger partial charge >= 0.3 is 0 Å². The molecule has 0 aromatic heterocycles. The highest BCUT2D eigenvalue weighted by atomic mass is 16.5. The number of aliphatic hydroxyl groups is 1. The van der Waals surface area contributed by atoms with Crippen LogP contribution < -0.4 is 10.1 Å². The summed E-state index contributed by atoms with van der Waals surface area (Å²) in [4.78, 5) is 0. The molecule has 3 nitrogen and oxygen atoms in total. The average Bonchev–Trinajstić information content (AvgIpc) is 2.42. The lowest BCUT2D eigenvalue weighted by atomic mass is 10.0. The number of hydrogen-bond donors (Lipinski definition) is 2. The maximum Gasteiger partial charge on any atom is 0.123 e. The first-order valence-electron chi connectivity index (χ1n) is 7.17. The predicted octanol–water partition coefficient (Wildman–Crippen LogP) is 3.21. The summed E-state index contributed by atoms with van der Waals surface area (Å²) in [5, 5.41) is 12.2. The summed E-state index contributed by atoms with van der Waals surface area (Å²) in [5.41, 5.74) is 2.48. The molecular weight excluding hydrogens is 238 g/mol. The number of methoxy groups -OCH3 is 1. The van der Waals surface area contributed by atoms with Crippen LogP contribution in [0.15, 0.2) is 18.2 Å². The molecule has 0 aliphatic carbocycles. The molecule has 0 heterocycles. The molecular formula is C16H27NO2. The van der Waals surface area contributed by atoms with Crippen LogP contribution in [0.4, 0.5) is 0 Å². The zero-order valence-corrected chi connectivity index (χ0v) is 12.4. The van der Waals surface area contributed by atoms with Gasteiger partial charge in [-0.25, -0.2) is 0 Å². The topological polar surface area (TPSA) is 41.5 Å². The van der Waals surface area contributed by atoms with Gasteiger partial charge in [-0.3, -0.25) is 0 Å². The van der Waals surface area contributed by atoms with Crippen molar-refractivity contribution in [3.05, 3.63) is 29.3 Å². The summed E-state index contributed by atoms with van der Waals surface area (Å²) in [6.07, 6.45) is 4.35. The van der Waals surface area contributed by atoms with Crippen molar-refractivity contribution in [2.45, 2.75) is 45.6 Å². The predicted molar refractivity (Wildman–Crippen MR) is 79.7 cm³/mol. The minimum atomic E-state index is 0.299. The van der Waals surface area contributed by atoms with Crippen molar-refractivity contribution in [1.29, 1.82) is 0 Å². The summed E-state index contributed by atoms with van der Waals surface area (Å²) < 4.78 is 5.41. The average molecular weight is 265 g/mol. The molecule has 1 aromatic rings. The Morgan fingerprint density at radius 1 is 1.21 bits per heavy atom. The Kier molecular flexibility index (Phi) is 7.53. The fourth-order valence-corrected chi connectivity index (χ4v) is 2.21. The van der Waals surface area contributed by atoms with Crippen molar-refractivity contribution < 1.29 is 9.84 Å². The Morgan fingerprint density at radius 3 is 2.63 bits per heavy atom. The van der Waals surface area contributed by atoms with E-state index in [-0.39, 0.29) is 0 Å². The van der Waals surface area contributed by atoms with E-state index in [2.05, 4.69) is 31.3 Å². The maximum absolute atomic E-state index is 8.71. The fourth-order valence-electron chi connectivity index (χ4n) is 2.21. The van der Waals surface area contributed by atoms with Gasteiger partial charge in [-0.15, -0.1) is 0 Å². The van der Waals surface area contributed by atoms with Crippen LogP contribution in [0.25, 0.3) is 0 Å². The number of ether oxygens (including phenoxy) is 1. The number of benzene rings is 1. The van der Waals surface area contributed by atoms with Crippen LogP contribution in [0.5, 0.6) is 5.75 Å². The van der Waals surface area contributed by atoms with Crippen molar-refractivity contribution in [2.24, 2.45) is 0 Å². The molecule has 0 amide bonds. The Bertz CT molecular complexity index is 366. The molecule has 3 heteroatoms. The van der Waals surface area contributed by atoms with Crippen molar-refractivity contribution in [2.75, 3.05) is 20.3 Å². The van der Waals surface area contributed by atoms with Crippen LogP contribution in [0.2, 0.25) is 0 Å². The maximum atomic E-state index is 8.71. The number of hydrogen-bond acceptors (Lipinski definition) is 3. The number of unbranched alkanes of at least 4 members (excludes halogenated alkanes) is 3. The zero-order chi connectivity index (χ0) is 14.1. The van der Waals surface area contributed by atoms with Crippen molar-refractivity contribution in [1.82, 2.24) is 5.32 Å². The third-order valence-electron chi connectivity index (χ3n) is 3.39. The molecule has 0 aliphatic rings. The minimum Gasteiger partial charge on any atom is -0.496 e. The molecule has 19 heavy (non-hydrogen) atoms. The summed E-state index contributed by atoms with van der Waals surface area (Å²) in [7, 11) is 1.72. The molecule has 0 bridgehead atoms. The summed E-state index contributed by atoms with van der Waals surface area (Å²) >= 11 is 0. The Morgan fingerprint density at radius 2 is 1.95 bits per heavy atom. The van der Waals surface area contributed by atoms with Gasteiger partial charge in [0.25, 0.3) is 0 Å². The van der Waals surface area contributed by atoms with E-state index in [0.29, 0.717) is 12.6 Å². The molecule has 0 spiro atoms. The first-order chi connectivity index (χ1) is 9.19. The van der Waals surface area contributed by atoms with Crippen LogP contribution in [0.3, 0.4) is 0 Å². The molecule has 1 aromatic carbocycles. The van der Waals surface area contributed by atoms with Gasteiger partial charge in [-0.2, -0.15) is 0 Å². The number of rotatable bonds is 9. The van der Waals surface area contributed by atoms with Gasteiger partial charge in [0.1, 0.15) is 5.75 Å². The molecule has 2 N–H and O–H groups in total. The highest BCUT2D eigenvalue weighted by Gasteiger charge is 2.10. The zero-order valence-electron chi connectivity index (χ0n) is 12.4. The van der Waals surface area contributed by atoms with Crippen LogP contribution >= 0.6 is 0 Å². The van der Waals surface area contributed by atoms with Crippen molar-refractivity contribution in [3.63, 3.8) is 0 Å². The van der Waals surface area contributed by atoms with E-state index in [1.165, 1.54) is 17.5 Å². The highest BCUT2D eigenvalue weighted by Crippen LogP contribution is 2.25. The van der Waals surface area contributed by atoms with Crippen molar-refractivity contribution in [3.8, 4) is 5.75 Å². The lowest BCUT2D eigenvalue weighted by molar-refractivity contribution is 0.282. The summed E-state index contributed by atoms with van der Waals surface area (Å²) in [6, 6.07) is 6.59. The van der Waals surface area contributed by atoms with E-state index >= 15 is 0 Å². The van der Waals surface area contributed by atoms with Gasteiger partial charge in [0.15, 0.2) is 0 Å². The third kappa shape index (κ3) is 5.62. The van der Waals surface area contributed by atoms with Gasteiger partial charge in [0, 0.05) is 18.2 Å². The van der Waals surface area contributed by atoms with Crippen LogP contribution in [0.1, 0.15) is 49.8 Å². The molecule has 108 valence electrons. The normalized spacial score (nSPS) is 12.4. The van der Waals surface area contributed by atoms with Crippen LogP contribution in [-0.2, 0) is 0 Å². The van der Waals surface area contributed by atoms with Gasteiger partial charge < -0.3 is 15.2 Å². The van der Waals surface area contributed by atoms with E-state index in [4.69, 9.17) is 9.84 Å². The molecule has 0 fully saturated rings.